The minimum absolute atomic E-state index is 0.00331. The van der Waals surface area contributed by atoms with E-state index in [1.165, 1.54) is 0 Å². The molecule has 4 rings (SSSR count). The summed E-state index contributed by atoms with van der Waals surface area (Å²) in [5.41, 5.74) is 5.44. The van der Waals surface area contributed by atoms with Gasteiger partial charge in [-0.3, -0.25) is 20.4 Å². The van der Waals surface area contributed by atoms with Crippen molar-refractivity contribution < 1.29 is 33.3 Å². The van der Waals surface area contributed by atoms with Crippen LogP contribution in [0.4, 0.5) is 0 Å². The number of esters is 1. The van der Waals surface area contributed by atoms with E-state index in [1.807, 2.05) is 12.1 Å². The molecule has 0 saturated heterocycles. The molecule has 0 bridgehead atoms. The summed E-state index contributed by atoms with van der Waals surface area (Å²) in [6.07, 6.45) is 0.728. The average molecular weight is 410 g/mol. The first-order chi connectivity index (χ1) is 14.6. The smallest absolute Gasteiger partial charge is 0.338 e. The Morgan fingerprint density at radius 2 is 1.67 bits per heavy atom. The lowest BCUT2D eigenvalue weighted by Gasteiger charge is -2.25. The van der Waals surface area contributed by atoms with E-state index in [9.17, 15) is 14.4 Å². The fourth-order valence-corrected chi connectivity index (χ4v) is 2.85. The van der Waals surface area contributed by atoms with E-state index < -0.39 is 30.5 Å². The van der Waals surface area contributed by atoms with Crippen LogP contribution >= 0.6 is 0 Å². The van der Waals surface area contributed by atoms with Crippen LogP contribution in [0, 0.1) is 0 Å². The zero-order valence-corrected chi connectivity index (χ0v) is 15.8. The first-order valence-electron chi connectivity index (χ1n) is 9.17. The van der Waals surface area contributed by atoms with Crippen LogP contribution in [0.3, 0.4) is 0 Å². The van der Waals surface area contributed by atoms with Crippen LogP contribution in [0.1, 0.15) is 5.56 Å². The van der Waals surface area contributed by atoms with Crippen molar-refractivity contribution in [1.29, 1.82) is 0 Å². The first kappa shape index (κ1) is 19.3. The molecule has 2 amide bonds. The van der Waals surface area contributed by atoms with Crippen molar-refractivity contribution in [2.24, 2.45) is 0 Å². The van der Waals surface area contributed by atoms with Gasteiger partial charge < -0.3 is 18.9 Å². The normalized spacial score (nSPS) is 16.3. The molecule has 0 radical (unpaired) electrons. The highest BCUT2D eigenvalue weighted by atomic mass is 16.6. The van der Waals surface area contributed by atoms with E-state index >= 15 is 0 Å². The summed E-state index contributed by atoms with van der Waals surface area (Å²) in [7, 11) is 0. The van der Waals surface area contributed by atoms with E-state index in [-0.39, 0.29) is 18.8 Å². The molecule has 0 saturated carbocycles. The van der Waals surface area contributed by atoms with Gasteiger partial charge in [0.1, 0.15) is 19.0 Å². The largest absolute Gasteiger partial charge is 0.488 e. The van der Waals surface area contributed by atoms with Gasteiger partial charge in [0.05, 0.1) is 5.57 Å². The molecule has 2 heterocycles. The Kier molecular flexibility index (Phi) is 5.51. The Labute approximate surface area is 171 Å². The van der Waals surface area contributed by atoms with Gasteiger partial charge in [0.25, 0.3) is 11.8 Å². The van der Waals surface area contributed by atoms with Gasteiger partial charge in [0.15, 0.2) is 18.1 Å². The summed E-state index contributed by atoms with van der Waals surface area (Å²) in [5.74, 6) is -0.316. The summed E-state index contributed by atoms with van der Waals surface area (Å²) in [6, 6.07) is 14.2. The quantitative estimate of drug-likeness (QED) is 0.571. The van der Waals surface area contributed by atoms with Crippen molar-refractivity contribution in [3.63, 3.8) is 0 Å². The number of hydrogen-bond acceptors (Lipinski definition) is 7. The molecule has 0 aliphatic carbocycles. The van der Waals surface area contributed by atoms with Crippen LogP contribution in [0.25, 0.3) is 6.08 Å². The molecule has 2 aliphatic rings. The number of rotatable bonds is 4. The van der Waals surface area contributed by atoms with Crippen molar-refractivity contribution in [2.45, 2.75) is 6.10 Å². The maximum absolute atomic E-state index is 12.2. The number of hydrazine groups is 1. The summed E-state index contributed by atoms with van der Waals surface area (Å²) in [6.45, 7) is -0.513. The second kappa shape index (κ2) is 8.56. The molecular formula is C21H18N2O7. The zero-order chi connectivity index (χ0) is 20.9. The molecule has 2 aromatic carbocycles. The standard InChI is InChI=1S/C21H18N2O7/c24-19(12-29-21(26)14-9-13-5-1-2-6-15(13)27-10-14)22-23-20(25)18-11-28-16-7-3-4-8-17(16)30-18/h1-9,18H,10-12H2,(H,22,24)(H,23,25)/t18-/m1/s1. The van der Waals surface area contributed by atoms with Crippen molar-refractivity contribution in [1.82, 2.24) is 10.9 Å². The van der Waals surface area contributed by atoms with Crippen molar-refractivity contribution in [3.05, 3.63) is 59.7 Å². The van der Waals surface area contributed by atoms with Gasteiger partial charge in [0, 0.05) is 5.56 Å². The number of carbonyl (C=O) groups is 3. The summed E-state index contributed by atoms with van der Waals surface area (Å²) < 4.78 is 21.4. The van der Waals surface area contributed by atoms with Crippen LogP contribution in [0.15, 0.2) is 54.1 Å². The van der Waals surface area contributed by atoms with Gasteiger partial charge in [-0.05, 0) is 24.3 Å². The average Bonchev–Trinajstić information content (AvgIpc) is 2.80. The number of benzene rings is 2. The SMILES string of the molecule is O=C(COC(=O)C1=Cc2ccccc2OC1)NNC(=O)[C@H]1COc2ccccc2O1. The molecule has 154 valence electrons. The Bertz CT molecular complexity index is 1020. The third-order valence-corrected chi connectivity index (χ3v) is 4.35. The molecule has 2 aliphatic heterocycles. The number of amides is 2. The highest BCUT2D eigenvalue weighted by molar-refractivity contribution is 5.96. The van der Waals surface area contributed by atoms with Gasteiger partial charge in [-0.2, -0.15) is 0 Å². The maximum Gasteiger partial charge on any atom is 0.338 e. The molecule has 0 unspecified atom stereocenters. The minimum Gasteiger partial charge on any atom is -0.488 e. The lowest BCUT2D eigenvalue weighted by molar-refractivity contribution is -0.146. The van der Waals surface area contributed by atoms with Crippen LogP contribution in [0.5, 0.6) is 17.2 Å². The molecule has 30 heavy (non-hydrogen) atoms. The third-order valence-electron chi connectivity index (χ3n) is 4.35. The van der Waals surface area contributed by atoms with E-state index in [0.29, 0.717) is 17.2 Å². The Morgan fingerprint density at radius 1 is 0.933 bits per heavy atom. The van der Waals surface area contributed by atoms with Gasteiger partial charge in [-0.25, -0.2) is 4.79 Å². The third kappa shape index (κ3) is 4.35. The summed E-state index contributed by atoms with van der Waals surface area (Å²) in [4.78, 5) is 36.2. The Morgan fingerprint density at radius 3 is 2.50 bits per heavy atom. The van der Waals surface area contributed by atoms with Crippen LogP contribution in [-0.2, 0) is 19.1 Å². The summed E-state index contributed by atoms with van der Waals surface area (Å²) >= 11 is 0. The van der Waals surface area contributed by atoms with Gasteiger partial charge in [-0.1, -0.05) is 30.3 Å². The number of hydrogen-bond donors (Lipinski definition) is 2. The van der Waals surface area contributed by atoms with Gasteiger partial charge >= 0.3 is 5.97 Å². The number of carbonyl (C=O) groups excluding carboxylic acids is 3. The highest BCUT2D eigenvalue weighted by Crippen LogP contribution is 2.30. The van der Waals surface area contributed by atoms with Crippen LogP contribution in [0.2, 0.25) is 0 Å². The van der Waals surface area contributed by atoms with Gasteiger partial charge in [-0.15, -0.1) is 0 Å². The van der Waals surface area contributed by atoms with Crippen molar-refractivity contribution in [2.75, 3.05) is 19.8 Å². The highest BCUT2D eigenvalue weighted by Gasteiger charge is 2.27. The molecule has 0 fully saturated rings. The molecule has 1 atom stereocenters. The molecule has 0 spiro atoms. The molecule has 2 N–H and O–H groups in total. The summed E-state index contributed by atoms with van der Waals surface area (Å²) in [5, 5.41) is 0. The molecular weight excluding hydrogens is 392 g/mol. The number of ether oxygens (including phenoxy) is 4. The molecule has 9 heteroatoms. The van der Waals surface area contributed by atoms with Crippen LogP contribution in [-0.4, -0.2) is 43.7 Å². The zero-order valence-electron chi connectivity index (χ0n) is 15.8. The monoisotopic (exact) mass is 410 g/mol. The fourth-order valence-electron chi connectivity index (χ4n) is 2.85. The predicted molar refractivity (Wildman–Crippen MR) is 104 cm³/mol. The van der Waals surface area contributed by atoms with E-state index in [1.54, 1.807) is 42.5 Å². The van der Waals surface area contributed by atoms with E-state index in [2.05, 4.69) is 10.9 Å². The van der Waals surface area contributed by atoms with Crippen molar-refractivity contribution >= 4 is 23.9 Å². The second-order valence-electron chi connectivity index (χ2n) is 6.47. The van der Waals surface area contributed by atoms with Gasteiger partial charge in [0.2, 0.25) is 6.10 Å². The molecule has 9 nitrogen and oxygen atoms in total. The molecule has 2 aromatic rings. The number of fused-ring (bicyclic) bond motifs is 2. The topological polar surface area (TPSA) is 112 Å². The molecule has 0 aromatic heterocycles. The van der Waals surface area contributed by atoms with E-state index in [0.717, 1.165) is 5.56 Å². The number of nitrogens with one attached hydrogen (secondary N) is 2. The first-order valence-corrected chi connectivity index (χ1v) is 9.17. The Hall–Kier alpha value is -4.01. The predicted octanol–water partition coefficient (Wildman–Crippen LogP) is 0.993. The van der Waals surface area contributed by atoms with Crippen molar-refractivity contribution in [3.8, 4) is 17.2 Å². The second-order valence-corrected chi connectivity index (χ2v) is 6.47. The lowest BCUT2D eigenvalue weighted by Crippen LogP contribution is -2.51. The Balaban J connectivity index is 1.22. The number of para-hydroxylation sites is 3. The van der Waals surface area contributed by atoms with E-state index in [4.69, 9.17) is 18.9 Å². The maximum atomic E-state index is 12.2. The minimum atomic E-state index is -0.924. The fraction of sp³-hybridized carbons (Fsp3) is 0.190. The van der Waals surface area contributed by atoms with Crippen LogP contribution < -0.4 is 25.1 Å². The lowest BCUT2D eigenvalue weighted by atomic mass is 10.1.